The Hall–Kier alpha value is -1.43. The first-order chi connectivity index (χ1) is 7.79. The molecule has 0 atom stereocenters. The van der Waals surface area contributed by atoms with Crippen LogP contribution in [-0.2, 0) is 0 Å². The number of pyridine rings is 1. The van der Waals surface area contributed by atoms with Gasteiger partial charge >= 0.3 is 18.9 Å². The van der Waals surface area contributed by atoms with E-state index < -0.39 is 0 Å². The fourth-order valence-corrected chi connectivity index (χ4v) is 1.99. The van der Waals surface area contributed by atoms with E-state index in [9.17, 15) is 0 Å². The monoisotopic (exact) mass is 218 g/mol. The van der Waals surface area contributed by atoms with Crippen molar-refractivity contribution in [1.82, 2.24) is 9.97 Å². The van der Waals surface area contributed by atoms with Crippen molar-refractivity contribution in [3.63, 3.8) is 0 Å². The maximum Gasteiger partial charge on any atom is 1.00 e. The number of hydrogen-bond acceptors (Lipinski definition) is 2. The summed E-state index contributed by atoms with van der Waals surface area (Å²) in [5.41, 5.74) is 3.04. The summed E-state index contributed by atoms with van der Waals surface area (Å²) in [7, 11) is 1.65. The normalized spacial score (nSPS) is 10.5. The first kappa shape index (κ1) is 12.0. The van der Waals surface area contributed by atoms with Gasteiger partial charge in [0, 0.05) is 11.9 Å². The van der Waals surface area contributed by atoms with Gasteiger partial charge in [-0.1, -0.05) is 5.52 Å². The van der Waals surface area contributed by atoms with Crippen LogP contribution in [-0.4, -0.2) is 17.1 Å². The molecular weight excluding hydrogens is 207 g/mol. The number of benzene rings is 1. The molecule has 0 unspecified atom stereocenters. The largest absolute Gasteiger partial charge is 1.00 e. The molecule has 0 aliphatic rings. The molecule has 0 aliphatic carbocycles. The van der Waals surface area contributed by atoms with Gasteiger partial charge < -0.3 is 9.72 Å². The number of nitrogens with one attached hydrogen (secondary N) is 1. The number of aryl methyl sites for hydroxylation is 1. The van der Waals surface area contributed by atoms with E-state index in [2.05, 4.69) is 16.0 Å². The number of aromatic nitrogens is 2. The Morgan fingerprint density at radius 3 is 2.82 bits per heavy atom. The van der Waals surface area contributed by atoms with Gasteiger partial charge in [0.05, 0.1) is 18.3 Å². The first-order valence-corrected chi connectivity index (χ1v) is 5.13. The van der Waals surface area contributed by atoms with E-state index in [0.717, 1.165) is 27.9 Å². The molecule has 0 bridgehead atoms. The third kappa shape index (κ3) is 1.82. The number of nitrogens with zero attached hydrogens (tertiary/aromatic N) is 1. The maximum atomic E-state index is 5.16. The Bertz CT molecular complexity index is 676. The second kappa shape index (κ2) is 4.44. The van der Waals surface area contributed by atoms with Crippen LogP contribution in [0.5, 0.6) is 5.75 Å². The van der Waals surface area contributed by atoms with Crippen LogP contribution < -0.4 is 23.6 Å². The quantitative estimate of drug-likeness (QED) is 0.455. The predicted octanol–water partition coefficient (Wildman–Crippen LogP) is -0.163. The molecule has 2 heterocycles. The molecule has 0 fully saturated rings. The van der Waals surface area contributed by atoms with E-state index in [1.165, 1.54) is 5.39 Å². The molecule has 0 amide bonds. The average Bonchev–Trinajstić information content (AvgIpc) is 2.68. The molecule has 4 heteroatoms. The van der Waals surface area contributed by atoms with Crippen LogP contribution in [0.25, 0.3) is 21.8 Å². The molecule has 3 nitrogen and oxygen atoms in total. The summed E-state index contributed by atoms with van der Waals surface area (Å²) < 4.78 is 5.16. The van der Waals surface area contributed by atoms with E-state index in [4.69, 9.17) is 4.74 Å². The second-order valence-corrected chi connectivity index (χ2v) is 3.76. The summed E-state index contributed by atoms with van der Waals surface area (Å²) in [5.74, 6) is 0.740. The van der Waals surface area contributed by atoms with Gasteiger partial charge in [0.2, 0.25) is 0 Å². The number of H-pyrrole nitrogens is 1. The minimum Gasteiger partial charge on any atom is -0.523 e. The summed E-state index contributed by atoms with van der Waals surface area (Å²) >= 11 is 0. The van der Waals surface area contributed by atoms with Crippen molar-refractivity contribution in [2.45, 2.75) is 6.92 Å². The van der Waals surface area contributed by atoms with Gasteiger partial charge in [-0.25, -0.2) is 0 Å². The Balaban J connectivity index is 0.00000108. The zero-order valence-electron chi connectivity index (χ0n) is 10.2. The molecule has 0 aliphatic heterocycles. The summed E-state index contributed by atoms with van der Waals surface area (Å²) in [6.07, 6.45) is 1.83. The number of ether oxygens (including phenoxy) is 1. The van der Waals surface area contributed by atoms with Crippen LogP contribution in [0.1, 0.15) is 5.69 Å². The Kier molecular flexibility index (Phi) is 3.15. The van der Waals surface area contributed by atoms with Crippen molar-refractivity contribution in [2.75, 3.05) is 7.11 Å². The fraction of sp³-hybridized carbons (Fsp3) is 0.154. The van der Waals surface area contributed by atoms with Gasteiger partial charge in [0.1, 0.15) is 0 Å². The predicted molar refractivity (Wildman–Crippen MR) is 63.7 cm³/mol. The van der Waals surface area contributed by atoms with E-state index in [0.29, 0.717) is 0 Å². The smallest absolute Gasteiger partial charge is 0.523 e. The van der Waals surface area contributed by atoms with Gasteiger partial charge in [-0.05, 0) is 18.4 Å². The molecule has 0 saturated carbocycles. The molecular formula is C13H11LiN2O. The first-order valence-electron chi connectivity index (χ1n) is 5.13. The minimum absolute atomic E-state index is 0. The Morgan fingerprint density at radius 2 is 2.06 bits per heavy atom. The van der Waals surface area contributed by atoms with Gasteiger partial charge in [0.15, 0.2) is 0 Å². The van der Waals surface area contributed by atoms with E-state index in [1.54, 1.807) is 7.11 Å². The van der Waals surface area contributed by atoms with Crippen LogP contribution in [0.3, 0.4) is 0 Å². The topological polar surface area (TPSA) is 37.9 Å². The van der Waals surface area contributed by atoms with Crippen molar-refractivity contribution in [3.8, 4) is 5.75 Å². The third-order valence-electron chi connectivity index (χ3n) is 2.82. The van der Waals surface area contributed by atoms with Crippen molar-refractivity contribution in [1.29, 1.82) is 0 Å². The van der Waals surface area contributed by atoms with Crippen molar-refractivity contribution in [3.05, 3.63) is 36.2 Å². The molecule has 3 rings (SSSR count). The van der Waals surface area contributed by atoms with Crippen LogP contribution in [0.4, 0.5) is 0 Å². The van der Waals surface area contributed by atoms with E-state index >= 15 is 0 Å². The number of fused-ring (bicyclic) bond motifs is 3. The number of hydrogen-bond donors (Lipinski definition) is 1. The molecule has 1 aromatic carbocycles. The van der Waals surface area contributed by atoms with E-state index in [1.807, 2.05) is 31.3 Å². The SMILES string of the molecule is COc1[c-]c2[nH]c3c(C)nccc3c2cc1.[Li+]. The standard InChI is InChI=1S/C13H11N2O.Li/c1-8-13-11(5-6-14-8)10-4-3-9(16-2)7-12(10)15-13;/h3-6,15H,1-2H3;/q-1;+1. The van der Waals surface area contributed by atoms with Crippen LogP contribution in [0.2, 0.25) is 0 Å². The maximum absolute atomic E-state index is 5.16. The minimum atomic E-state index is 0. The van der Waals surface area contributed by atoms with Crippen molar-refractivity contribution in [2.24, 2.45) is 0 Å². The molecule has 0 radical (unpaired) electrons. The zero-order chi connectivity index (χ0) is 11.1. The molecule has 2 aromatic heterocycles. The Labute approximate surface area is 111 Å². The van der Waals surface area contributed by atoms with Crippen LogP contribution >= 0.6 is 0 Å². The summed E-state index contributed by atoms with van der Waals surface area (Å²) in [4.78, 5) is 7.59. The van der Waals surface area contributed by atoms with Gasteiger partial charge in [-0.3, -0.25) is 4.98 Å². The summed E-state index contributed by atoms with van der Waals surface area (Å²) in [5, 5.41) is 2.34. The number of aromatic amines is 1. The van der Waals surface area contributed by atoms with Gasteiger partial charge in [-0.15, -0.1) is 17.5 Å². The summed E-state index contributed by atoms with van der Waals surface area (Å²) in [6, 6.07) is 9.17. The molecule has 0 spiro atoms. The van der Waals surface area contributed by atoms with Crippen LogP contribution in [0, 0.1) is 13.0 Å². The molecule has 17 heavy (non-hydrogen) atoms. The molecule has 0 saturated heterocycles. The number of rotatable bonds is 1. The third-order valence-corrected chi connectivity index (χ3v) is 2.82. The van der Waals surface area contributed by atoms with E-state index in [-0.39, 0.29) is 18.9 Å². The van der Waals surface area contributed by atoms with Crippen molar-refractivity contribution < 1.29 is 23.6 Å². The summed E-state index contributed by atoms with van der Waals surface area (Å²) in [6.45, 7) is 1.99. The van der Waals surface area contributed by atoms with Crippen LogP contribution in [0.15, 0.2) is 24.4 Å². The fourth-order valence-electron chi connectivity index (χ4n) is 1.99. The molecule has 1 N–H and O–H groups in total. The number of methoxy groups -OCH3 is 1. The molecule has 3 aromatic rings. The Morgan fingerprint density at radius 1 is 1.24 bits per heavy atom. The van der Waals surface area contributed by atoms with Gasteiger partial charge in [0.25, 0.3) is 0 Å². The second-order valence-electron chi connectivity index (χ2n) is 3.76. The average molecular weight is 218 g/mol. The molecule has 80 valence electrons. The van der Waals surface area contributed by atoms with Gasteiger partial charge in [-0.2, -0.15) is 6.07 Å². The zero-order valence-corrected chi connectivity index (χ0v) is 10.2. The van der Waals surface area contributed by atoms with Crippen molar-refractivity contribution >= 4 is 21.8 Å².